The fourth-order valence-electron chi connectivity index (χ4n) is 0.820. The molecule has 0 fully saturated rings. The molecule has 5 N–H and O–H groups in total. The summed E-state index contributed by atoms with van der Waals surface area (Å²) in [5.41, 5.74) is 6.73. The van der Waals surface area contributed by atoms with Gasteiger partial charge in [0.25, 0.3) is 0 Å². The Morgan fingerprint density at radius 2 is 1.83 bits per heavy atom. The Bertz CT molecular complexity index is 283. The minimum atomic E-state index is -0.723. The average Bonchev–Trinajstić information content (AvgIpc) is 2.33. The van der Waals surface area contributed by atoms with Gasteiger partial charge in [-0.15, -0.1) is 0 Å². The minimum absolute atomic E-state index is 0.0551. The fourth-order valence-corrected chi connectivity index (χ4v) is 0.820. The first-order chi connectivity index (χ1) is 8.56. The number of guanidine groups is 1. The van der Waals surface area contributed by atoms with Gasteiger partial charge in [-0.3, -0.25) is 10.2 Å². The number of hydroxylamine groups is 1. The summed E-state index contributed by atoms with van der Waals surface area (Å²) < 4.78 is 9.58. The van der Waals surface area contributed by atoms with E-state index in [2.05, 4.69) is 4.84 Å². The van der Waals surface area contributed by atoms with Gasteiger partial charge in [0.15, 0.2) is 0 Å². The highest BCUT2D eigenvalue weighted by molar-refractivity contribution is 5.79. The van der Waals surface area contributed by atoms with Crippen LogP contribution in [0.2, 0.25) is 0 Å². The van der Waals surface area contributed by atoms with Crippen LogP contribution in [0.4, 0.5) is 0 Å². The summed E-state index contributed by atoms with van der Waals surface area (Å²) in [6.07, 6.45) is -0.324. The number of nitrogens with one attached hydrogen (secondary N) is 2. The molecule has 0 aromatic heterocycles. The SMILES string of the molecule is N=C(N)NOC(=O)CCC(=O)OCCOCCO. The largest absolute Gasteiger partial charge is 0.463 e. The highest BCUT2D eigenvalue weighted by atomic mass is 16.7. The first-order valence-corrected chi connectivity index (χ1v) is 5.20. The molecule has 0 amide bonds. The zero-order valence-electron chi connectivity index (χ0n) is 9.81. The van der Waals surface area contributed by atoms with Gasteiger partial charge in [-0.2, -0.15) is 5.48 Å². The quantitative estimate of drug-likeness (QED) is 0.133. The summed E-state index contributed by atoms with van der Waals surface area (Å²) in [6.45, 7) is 0.325. The first kappa shape index (κ1) is 16.1. The summed E-state index contributed by atoms with van der Waals surface area (Å²) in [5.74, 6) is -1.80. The Kier molecular flexibility index (Phi) is 9.23. The molecule has 0 radical (unpaired) electrons. The Labute approximate surface area is 104 Å². The van der Waals surface area contributed by atoms with Gasteiger partial charge >= 0.3 is 11.9 Å². The molecule has 0 aliphatic heterocycles. The topological polar surface area (TPSA) is 144 Å². The lowest BCUT2D eigenvalue weighted by atomic mass is 10.3. The molecule has 104 valence electrons. The lowest BCUT2D eigenvalue weighted by Crippen LogP contribution is -2.32. The maximum absolute atomic E-state index is 11.1. The Morgan fingerprint density at radius 1 is 1.17 bits per heavy atom. The fraction of sp³-hybridized carbons (Fsp3) is 0.667. The van der Waals surface area contributed by atoms with Crippen LogP contribution in [0.25, 0.3) is 0 Å². The van der Waals surface area contributed by atoms with Crippen LogP contribution in [-0.4, -0.2) is 49.4 Å². The molecular formula is C9H17N3O6. The summed E-state index contributed by atoms with van der Waals surface area (Å²) in [7, 11) is 0. The van der Waals surface area contributed by atoms with Crippen LogP contribution >= 0.6 is 0 Å². The molecule has 0 saturated carbocycles. The van der Waals surface area contributed by atoms with Gasteiger partial charge in [-0.05, 0) is 0 Å². The normalized spacial score (nSPS) is 9.61. The Morgan fingerprint density at radius 3 is 2.44 bits per heavy atom. The standard InChI is InChI=1S/C9H17N3O6/c10-9(11)12-18-8(15)2-1-7(14)17-6-5-16-4-3-13/h13H,1-6H2,(H4,10,11,12). The maximum atomic E-state index is 11.1. The van der Waals surface area contributed by atoms with Crippen LogP contribution in [0.1, 0.15) is 12.8 Å². The van der Waals surface area contributed by atoms with E-state index in [0.29, 0.717) is 0 Å². The van der Waals surface area contributed by atoms with Gasteiger partial charge in [-0.1, -0.05) is 0 Å². The molecule has 0 unspecified atom stereocenters. The van der Waals surface area contributed by atoms with E-state index in [4.69, 9.17) is 25.7 Å². The summed E-state index contributed by atoms with van der Waals surface area (Å²) in [4.78, 5) is 26.4. The van der Waals surface area contributed by atoms with Crippen molar-refractivity contribution in [2.75, 3.05) is 26.4 Å². The number of hydrogen-bond donors (Lipinski definition) is 4. The number of aliphatic hydroxyl groups is 1. The van der Waals surface area contributed by atoms with Crippen LogP contribution in [0, 0.1) is 5.41 Å². The summed E-state index contributed by atoms with van der Waals surface area (Å²) in [5, 5.41) is 15.1. The molecule has 9 heteroatoms. The van der Waals surface area contributed by atoms with Gasteiger partial charge in [0.2, 0.25) is 5.96 Å². The van der Waals surface area contributed by atoms with Crippen molar-refractivity contribution in [3.63, 3.8) is 0 Å². The second kappa shape index (κ2) is 10.3. The van der Waals surface area contributed by atoms with E-state index in [1.807, 2.05) is 5.48 Å². The van der Waals surface area contributed by atoms with Crippen LogP contribution in [0.5, 0.6) is 0 Å². The molecule has 0 aliphatic rings. The van der Waals surface area contributed by atoms with Crippen molar-refractivity contribution >= 4 is 17.9 Å². The van der Waals surface area contributed by atoms with Gasteiger partial charge in [-0.25, -0.2) is 4.79 Å². The monoisotopic (exact) mass is 263 g/mol. The molecule has 0 spiro atoms. The van der Waals surface area contributed by atoms with E-state index in [1.54, 1.807) is 0 Å². The highest BCUT2D eigenvalue weighted by Gasteiger charge is 2.09. The van der Waals surface area contributed by atoms with E-state index in [1.165, 1.54) is 0 Å². The zero-order chi connectivity index (χ0) is 13.8. The Balaban J connectivity index is 3.46. The number of carbonyl (C=O) groups is 2. The molecule has 0 saturated heterocycles. The highest BCUT2D eigenvalue weighted by Crippen LogP contribution is 1.95. The number of ether oxygens (including phenoxy) is 2. The van der Waals surface area contributed by atoms with Crippen molar-refractivity contribution in [1.82, 2.24) is 5.48 Å². The number of nitrogens with two attached hydrogens (primary N) is 1. The van der Waals surface area contributed by atoms with Crippen LogP contribution in [-0.2, 0) is 23.9 Å². The third-order valence-corrected chi connectivity index (χ3v) is 1.53. The second-order valence-corrected chi connectivity index (χ2v) is 3.05. The van der Waals surface area contributed by atoms with Crippen LogP contribution in [0.3, 0.4) is 0 Å². The predicted molar refractivity (Wildman–Crippen MR) is 59.2 cm³/mol. The molecule has 0 aromatic carbocycles. The molecule has 0 aliphatic carbocycles. The third-order valence-electron chi connectivity index (χ3n) is 1.53. The van der Waals surface area contributed by atoms with Gasteiger partial charge < -0.3 is 25.2 Å². The molecule has 18 heavy (non-hydrogen) atoms. The van der Waals surface area contributed by atoms with Gasteiger partial charge in [0.1, 0.15) is 6.61 Å². The minimum Gasteiger partial charge on any atom is -0.463 e. The number of carbonyl (C=O) groups excluding carboxylic acids is 2. The van der Waals surface area contributed by atoms with Crippen molar-refractivity contribution in [1.29, 1.82) is 5.41 Å². The van der Waals surface area contributed by atoms with E-state index >= 15 is 0 Å². The predicted octanol–water partition coefficient (Wildman–Crippen LogP) is -1.74. The van der Waals surface area contributed by atoms with E-state index in [9.17, 15) is 9.59 Å². The molecular weight excluding hydrogens is 246 g/mol. The number of rotatable bonds is 8. The molecule has 0 heterocycles. The molecule has 0 rings (SSSR count). The molecule has 9 nitrogen and oxygen atoms in total. The number of aliphatic hydroxyl groups excluding tert-OH is 1. The Hall–Kier alpha value is -1.87. The van der Waals surface area contributed by atoms with Crippen molar-refractivity contribution in [2.45, 2.75) is 12.8 Å². The van der Waals surface area contributed by atoms with Crippen LogP contribution < -0.4 is 11.2 Å². The second-order valence-electron chi connectivity index (χ2n) is 3.05. The smallest absolute Gasteiger partial charge is 0.332 e. The van der Waals surface area contributed by atoms with Gasteiger partial charge in [0, 0.05) is 0 Å². The lowest BCUT2D eigenvalue weighted by molar-refractivity contribution is -0.153. The molecule has 0 atom stereocenters. The summed E-state index contributed by atoms with van der Waals surface area (Å²) in [6, 6.07) is 0. The number of esters is 1. The van der Waals surface area contributed by atoms with Crippen LogP contribution in [0.15, 0.2) is 0 Å². The van der Waals surface area contributed by atoms with Crippen molar-refractivity contribution in [3.05, 3.63) is 0 Å². The molecule has 0 bridgehead atoms. The zero-order valence-corrected chi connectivity index (χ0v) is 9.81. The first-order valence-electron chi connectivity index (χ1n) is 5.20. The third kappa shape index (κ3) is 10.6. The number of hydrogen-bond acceptors (Lipinski definition) is 7. The summed E-state index contributed by atoms with van der Waals surface area (Å²) >= 11 is 0. The van der Waals surface area contributed by atoms with E-state index in [-0.39, 0.29) is 39.3 Å². The van der Waals surface area contributed by atoms with Crippen molar-refractivity contribution in [3.8, 4) is 0 Å². The van der Waals surface area contributed by atoms with Gasteiger partial charge in [0.05, 0.1) is 32.7 Å². The van der Waals surface area contributed by atoms with Crippen molar-refractivity contribution in [2.24, 2.45) is 5.73 Å². The maximum Gasteiger partial charge on any atom is 0.332 e. The lowest BCUT2D eigenvalue weighted by Gasteiger charge is -2.06. The van der Waals surface area contributed by atoms with E-state index in [0.717, 1.165) is 0 Å². The molecule has 0 aromatic rings. The van der Waals surface area contributed by atoms with Crippen molar-refractivity contribution < 1.29 is 29.0 Å². The van der Waals surface area contributed by atoms with E-state index < -0.39 is 17.9 Å². The average molecular weight is 263 g/mol.